The number of fused-ring (bicyclic) bond motifs is 1. The first-order chi connectivity index (χ1) is 6.70. The Hall–Kier alpha value is -1.03. The maximum absolute atomic E-state index is 10.7. The molecule has 4 heteroatoms. The monoisotopic (exact) mass is 212 g/mol. The third-order valence-corrected chi connectivity index (χ3v) is 2.13. The number of carboxylic acid groups (broad SMARTS) is 1. The molecule has 0 saturated heterocycles. The molecule has 0 amide bonds. The molecule has 0 fully saturated rings. The van der Waals surface area contributed by atoms with Gasteiger partial charge in [-0.25, -0.2) is 4.79 Å². The predicted molar refractivity (Wildman–Crippen MR) is 53.7 cm³/mol. The first kappa shape index (κ1) is 12.0. The van der Waals surface area contributed by atoms with E-state index in [1.807, 2.05) is 12.1 Å². The molecule has 2 aromatic rings. The van der Waals surface area contributed by atoms with Gasteiger partial charge in [0, 0.05) is 5.39 Å². The summed E-state index contributed by atoms with van der Waals surface area (Å²) in [5.74, 6) is -1.29. The molecule has 0 spiro atoms. The van der Waals surface area contributed by atoms with E-state index in [1.165, 1.54) is 6.07 Å². The van der Waals surface area contributed by atoms with Crippen molar-refractivity contribution in [2.45, 2.75) is 0 Å². The average Bonchev–Trinajstić information content (AvgIpc) is 2.18. The molecule has 72 valence electrons. The standard InChI is InChI=1S/C11H8O3.Na.H/c12-10-8-4-2-1-3-7(8)5-6-9(10)11(13)14;;/h1-6,12H,(H,13,14);;/q;+1;-1. The zero-order valence-electron chi connectivity index (χ0n) is 9.27. The molecule has 0 heterocycles. The van der Waals surface area contributed by atoms with Crippen LogP contribution in [0.3, 0.4) is 0 Å². The van der Waals surface area contributed by atoms with Crippen LogP contribution < -0.4 is 29.6 Å². The van der Waals surface area contributed by atoms with Crippen LogP contribution in [0.15, 0.2) is 36.4 Å². The van der Waals surface area contributed by atoms with Crippen molar-refractivity contribution in [2.75, 3.05) is 0 Å². The quantitative estimate of drug-likeness (QED) is 0.618. The van der Waals surface area contributed by atoms with Crippen LogP contribution in [0, 0.1) is 0 Å². The summed E-state index contributed by atoms with van der Waals surface area (Å²) in [4.78, 5) is 10.7. The van der Waals surface area contributed by atoms with Crippen molar-refractivity contribution in [1.29, 1.82) is 0 Å². The molecule has 0 atom stereocenters. The van der Waals surface area contributed by atoms with E-state index in [1.54, 1.807) is 18.2 Å². The fourth-order valence-electron chi connectivity index (χ4n) is 1.43. The number of phenols is 1. The topological polar surface area (TPSA) is 57.5 Å². The largest absolute Gasteiger partial charge is 1.00 e. The Morgan fingerprint density at radius 2 is 1.80 bits per heavy atom. The van der Waals surface area contributed by atoms with Gasteiger partial charge >= 0.3 is 35.5 Å². The molecule has 0 aliphatic rings. The Bertz CT molecular complexity index is 514. The van der Waals surface area contributed by atoms with Crippen molar-refractivity contribution in [3.63, 3.8) is 0 Å². The molecule has 0 aliphatic carbocycles. The van der Waals surface area contributed by atoms with E-state index in [9.17, 15) is 9.90 Å². The van der Waals surface area contributed by atoms with Crippen LogP contribution in [0.1, 0.15) is 11.8 Å². The average molecular weight is 212 g/mol. The van der Waals surface area contributed by atoms with Gasteiger partial charge in [0.15, 0.2) is 0 Å². The van der Waals surface area contributed by atoms with Gasteiger partial charge in [-0.1, -0.05) is 30.3 Å². The maximum Gasteiger partial charge on any atom is 1.00 e. The van der Waals surface area contributed by atoms with E-state index in [0.29, 0.717) is 5.39 Å². The van der Waals surface area contributed by atoms with Crippen molar-refractivity contribution in [2.24, 2.45) is 0 Å². The Morgan fingerprint density at radius 3 is 2.47 bits per heavy atom. The second-order valence-corrected chi connectivity index (χ2v) is 2.99. The van der Waals surface area contributed by atoms with Crippen molar-refractivity contribution in [1.82, 2.24) is 0 Å². The molecule has 15 heavy (non-hydrogen) atoms. The smallest absolute Gasteiger partial charge is 1.00 e. The molecule has 3 nitrogen and oxygen atoms in total. The summed E-state index contributed by atoms with van der Waals surface area (Å²) in [6.07, 6.45) is 0. The molecule has 0 bridgehead atoms. The van der Waals surface area contributed by atoms with Crippen LogP contribution in [0.2, 0.25) is 0 Å². The summed E-state index contributed by atoms with van der Waals surface area (Å²) < 4.78 is 0. The van der Waals surface area contributed by atoms with Gasteiger partial charge in [0.05, 0.1) is 0 Å². The minimum Gasteiger partial charge on any atom is -1.00 e. The number of benzene rings is 2. The second kappa shape index (κ2) is 4.66. The first-order valence-electron chi connectivity index (χ1n) is 4.14. The fourth-order valence-corrected chi connectivity index (χ4v) is 1.43. The van der Waals surface area contributed by atoms with E-state index in [2.05, 4.69) is 0 Å². The molecule has 0 unspecified atom stereocenters. The zero-order valence-corrected chi connectivity index (χ0v) is 10.3. The maximum atomic E-state index is 10.7. The van der Waals surface area contributed by atoms with Crippen molar-refractivity contribution in [3.8, 4) is 5.75 Å². The second-order valence-electron chi connectivity index (χ2n) is 2.99. The number of hydrogen-bond donors (Lipinski definition) is 2. The van der Waals surface area contributed by atoms with E-state index < -0.39 is 5.97 Å². The van der Waals surface area contributed by atoms with Crippen LogP contribution in [0.5, 0.6) is 5.75 Å². The minimum atomic E-state index is -1.12. The molecular weight excluding hydrogens is 203 g/mol. The molecular formula is C11H9NaO3. The summed E-state index contributed by atoms with van der Waals surface area (Å²) in [6, 6.07) is 10.2. The van der Waals surface area contributed by atoms with Gasteiger partial charge in [-0.05, 0) is 11.5 Å². The number of carbonyl (C=O) groups is 1. The Morgan fingerprint density at radius 1 is 1.13 bits per heavy atom. The number of rotatable bonds is 1. The molecule has 0 aliphatic heterocycles. The third-order valence-electron chi connectivity index (χ3n) is 2.13. The van der Waals surface area contributed by atoms with Gasteiger partial charge in [-0.15, -0.1) is 0 Å². The summed E-state index contributed by atoms with van der Waals surface area (Å²) in [5, 5.41) is 19.8. The third kappa shape index (κ3) is 2.15. The van der Waals surface area contributed by atoms with E-state index >= 15 is 0 Å². The normalized spacial score (nSPS) is 9.60. The number of hydrogen-bond acceptors (Lipinski definition) is 2. The minimum absolute atomic E-state index is 0. The molecule has 0 aromatic heterocycles. The molecule has 0 radical (unpaired) electrons. The van der Waals surface area contributed by atoms with Gasteiger partial charge < -0.3 is 11.6 Å². The Kier molecular flexibility index (Phi) is 3.74. The van der Waals surface area contributed by atoms with Gasteiger partial charge in [-0.2, -0.15) is 0 Å². The zero-order chi connectivity index (χ0) is 10.1. The van der Waals surface area contributed by atoms with Gasteiger partial charge in [0.2, 0.25) is 0 Å². The van der Waals surface area contributed by atoms with Crippen molar-refractivity contribution < 1.29 is 46.0 Å². The fraction of sp³-hybridized carbons (Fsp3) is 0. The predicted octanol–water partition coefficient (Wildman–Crippen LogP) is -0.640. The van der Waals surface area contributed by atoms with E-state index in [0.717, 1.165) is 5.39 Å². The van der Waals surface area contributed by atoms with E-state index in [-0.39, 0.29) is 42.3 Å². The Balaban J connectivity index is 0.00000112. The SMILES string of the molecule is O=C(O)c1ccc2ccccc2c1O.[H-].[Na+]. The molecule has 2 aromatic carbocycles. The van der Waals surface area contributed by atoms with Crippen LogP contribution >= 0.6 is 0 Å². The summed E-state index contributed by atoms with van der Waals surface area (Å²) >= 11 is 0. The first-order valence-corrected chi connectivity index (χ1v) is 4.14. The number of aromatic hydroxyl groups is 1. The summed E-state index contributed by atoms with van der Waals surface area (Å²) in [5.41, 5.74) is -0.0660. The van der Waals surface area contributed by atoms with Gasteiger partial charge in [-0.3, -0.25) is 0 Å². The van der Waals surface area contributed by atoms with Crippen molar-refractivity contribution in [3.05, 3.63) is 42.0 Å². The molecule has 2 rings (SSSR count). The molecule has 0 saturated carbocycles. The van der Waals surface area contributed by atoms with Crippen LogP contribution in [-0.4, -0.2) is 16.2 Å². The number of carboxylic acids is 1. The van der Waals surface area contributed by atoms with Crippen molar-refractivity contribution >= 4 is 16.7 Å². The van der Waals surface area contributed by atoms with Gasteiger partial charge in [0.25, 0.3) is 0 Å². The Labute approximate surface area is 110 Å². The molecule has 2 N–H and O–H groups in total. The summed E-state index contributed by atoms with van der Waals surface area (Å²) in [6.45, 7) is 0. The summed E-state index contributed by atoms with van der Waals surface area (Å²) in [7, 11) is 0. The van der Waals surface area contributed by atoms with Gasteiger partial charge in [0.1, 0.15) is 11.3 Å². The number of aromatic carboxylic acids is 1. The van der Waals surface area contributed by atoms with Crippen LogP contribution in [-0.2, 0) is 0 Å². The van der Waals surface area contributed by atoms with E-state index in [4.69, 9.17) is 5.11 Å². The van der Waals surface area contributed by atoms with Crippen LogP contribution in [0.25, 0.3) is 10.8 Å². The van der Waals surface area contributed by atoms with Crippen LogP contribution in [0.4, 0.5) is 0 Å².